The molecule has 0 saturated heterocycles. The van der Waals surface area contributed by atoms with Gasteiger partial charge in [0, 0.05) is 12.2 Å². The standard InChI is InChI=1S/C22H23N5O2S/c1-26(2)12-5-13-27-21(29)18-6-3-4-7-19(18)25-22(27)30-15-20(28)24-17-10-8-16(14-23)9-11-17/h3-4,6-11H,5,12-13,15H2,1-2H3,(H,24,28). The Kier molecular flexibility index (Phi) is 7.22. The van der Waals surface area contributed by atoms with Crippen molar-refractivity contribution in [1.29, 1.82) is 5.26 Å². The number of rotatable bonds is 8. The number of aromatic nitrogens is 2. The van der Waals surface area contributed by atoms with E-state index in [2.05, 4.69) is 15.2 Å². The minimum atomic E-state index is -0.202. The minimum absolute atomic E-state index is 0.0886. The SMILES string of the molecule is CN(C)CCCn1c(SCC(=O)Nc2ccc(C#N)cc2)nc2ccccc2c1=O. The summed E-state index contributed by atoms with van der Waals surface area (Å²) in [4.78, 5) is 32.1. The molecule has 154 valence electrons. The highest BCUT2D eigenvalue weighted by Crippen LogP contribution is 2.19. The van der Waals surface area contributed by atoms with Crippen LogP contribution in [0.4, 0.5) is 5.69 Å². The zero-order chi connectivity index (χ0) is 21.5. The molecular formula is C22H23N5O2S. The first-order chi connectivity index (χ1) is 14.5. The Morgan fingerprint density at radius 3 is 2.63 bits per heavy atom. The van der Waals surface area contributed by atoms with Crippen LogP contribution in [0.15, 0.2) is 58.5 Å². The van der Waals surface area contributed by atoms with E-state index in [1.165, 1.54) is 11.8 Å². The molecule has 2 aromatic carbocycles. The molecule has 3 aromatic rings. The van der Waals surface area contributed by atoms with Gasteiger partial charge in [0.2, 0.25) is 5.91 Å². The van der Waals surface area contributed by atoms with E-state index < -0.39 is 0 Å². The van der Waals surface area contributed by atoms with E-state index in [1.54, 1.807) is 34.9 Å². The third-order valence-electron chi connectivity index (χ3n) is 4.44. The van der Waals surface area contributed by atoms with Gasteiger partial charge in [-0.15, -0.1) is 0 Å². The number of para-hydroxylation sites is 1. The highest BCUT2D eigenvalue weighted by molar-refractivity contribution is 7.99. The summed E-state index contributed by atoms with van der Waals surface area (Å²) >= 11 is 1.24. The van der Waals surface area contributed by atoms with Gasteiger partial charge in [0.05, 0.1) is 28.3 Å². The molecule has 1 N–H and O–H groups in total. The Hall–Kier alpha value is -3.15. The molecule has 7 nitrogen and oxygen atoms in total. The van der Waals surface area contributed by atoms with Crippen molar-refractivity contribution in [3.8, 4) is 6.07 Å². The molecule has 0 radical (unpaired) electrons. The number of thioether (sulfide) groups is 1. The van der Waals surface area contributed by atoms with Crippen molar-refractivity contribution in [2.75, 3.05) is 31.7 Å². The van der Waals surface area contributed by atoms with Crippen LogP contribution in [0.25, 0.3) is 10.9 Å². The number of anilines is 1. The average Bonchev–Trinajstić information content (AvgIpc) is 2.74. The van der Waals surface area contributed by atoms with Gasteiger partial charge in [0.25, 0.3) is 5.56 Å². The van der Waals surface area contributed by atoms with E-state index in [1.807, 2.05) is 38.4 Å². The number of benzene rings is 2. The Morgan fingerprint density at radius 1 is 1.20 bits per heavy atom. The zero-order valence-electron chi connectivity index (χ0n) is 17.0. The van der Waals surface area contributed by atoms with Crippen molar-refractivity contribution in [2.45, 2.75) is 18.1 Å². The number of nitriles is 1. The molecule has 1 amide bonds. The summed E-state index contributed by atoms with van der Waals surface area (Å²) in [5.74, 6) is -0.0784. The lowest BCUT2D eigenvalue weighted by molar-refractivity contribution is -0.113. The normalized spacial score (nSPS) is 10.9. The molecular weight excluding hydrogens is 398 g/mol. The number of amides is 1. The molecule has 1 heterocycles. The van der Waals surface area contributed by atoms with Crippen LogP contribution in [0.3, 0.4) is 0 Å². The fourth-order valence-corrected chi connectivity index (χ4v) is 3.78. The zero-order valence-corrected chi connectivity index (χ0v) is 17.8. The first kappa shape index (κ1) is 21.6. The molecule has 0 unspecified atom stereocenters. The molecule has 1 aromatic heterocycles. The van der Waals surface area contributed by atoms with E-state index in [0.717, 1.165) is 13.0 Å². The molecule has 0 aliphatic rings. The Bertz CT molecular complexity index is 1130. The highest BCUT2D eigenvalue weighted by Gasteiger charge is 2.13. The van der Waals surface area contributed by atoms with Crippen molar-refractivity contribution in [1.82, 2.24) is 14.5 Å². The number of carbonyl (C=O) groups is 1. The van der Waals surface area contributed by atoms with Crippen molar-refractivity contribution in [3.05, 3.63) is 64.4 Å². The minimum Gasteiger partial charge on any atom is -0.325 e. The summed E-state index contributed by atoms with van der Waals surface area (Å²) in [6.45, 7) is 1.39. The number of carbonyl (C=O) groups excluding carboxylic acids is 1. The van der Waals surface area contributed by atoms with Gasteiger partial charge in [-0.1, -0.05) is 23.9 Å². The molecule has 3 rings (SSSR count). The van der Waals surface area contributed by atoms with Crippen molar-refractivity contribution in [2.24, 2.45) is 0 Å². The van der Waals surface area contributed by atoms with E-state index >= 15 is 0 Å². The number of fused-ring (bicyclic) bond motifs is 1. The molecule has 0 bridgehead atoms. The molecule has 0 aliphatic heterocycles. The largest absolute Gasteiger partial charge is 0.325 e. The van der Waals surface area contributed by atoms with Gasteiger partial charge >= 0.3 is 0 Å². The molecule has 0 fully saturated rings. The number of hydrogen-bond donors (Lipinski definition) is 1. The van der Waals surface area contributed by atoms with Gasteiger partial charge in [-0.3, -0.25) is 14.2 Å². The Labute approximate surface area is 179 Å². The third-order valence-corrected chi connectivity index (χ3v) is 5.42. The quantitative estimate of drug-likeness (QED) is 0.444. The Morgan fingerprint density at radius 2 is 1.93 bits per heavy atom. The van der Waals surface area contributed by atoms with Crippen LogP contribution >= 0.6 is 11.8 Å². The smallest absolute Gasteiger partial charge is 0.262 e. The van der Waals surface area contributed by atoms with Crippen LogP contribution in [0.1, 0.15) is 12.0 Å². The summed E-state index contributed by atoms with van der Waals surface area (Å²) in [6, 6.07) is 16.0. The maximum absolute atomic E-state index is 13.0. The average molecular weight is 422 g/mol. The topological polar surface area (TPSA) is 91.0 Å². The van der Waals surface area contributed by atoms with Crippen molar-refractivity contribution >= 4 is 34.3 Å². The lowest BCUT2D eigenvalue weighted by Crippen LogP contribution is -2.26. The van der Waals surface area contributed by atoms with Crippen LogP contribution in [0, 0.1) is 11.3 Å². The maximum Gasteiger partial charge on any atom is 0.262 e. The summed E-state index contributed by atoms with van der Waals surface area (Å²) in [7, 11) is 3.98. The molecule has 0 aliphatic carbocycles. The van der Waals surface area contributed by atoms with Crippen LogP contribution in [0.5, 0.6) is 0 Å². The fourth-order valence-electron chi connectivity index (χ4n) is 2.96. The summed E-state index contributed by atoms with van der Waals surface area (Å²) in [5.41, 5.74) is 1.69. The molecule has 0 spiro atoms. The number of nitrogens with zero attached hydrogens (tertiary/aromatic N) is 4. The second-order valence-corrected chi connectivity index (χ2v) is 7.99. The van der Waals surface area contributed by atoms with Gasteiger partial charge in [-0.05, 0) is 63.5 Å². The highest BCUT2D eigenvalue weighted by atomic mass is 32.2. The van der Waals surface area contributed by atoms with E-state index in [4.69, 9.17) is 5.26 Å². The van der Waals surface area contributed by atoms with Crippen molar-refractivity contribution < 1.29 is 4.79 Å². The van der Waals surface area contributed by atoms with Crippen molar-refractivity contribution in [3.63, 3.8) is 0 Å². The summed E-state index contributed by atoms with van der Waals surface area (Å²) in [5, 5.41) is 12.8. The second kappa shape index (κ2) is 10.1. The summed E-state index contributed by atoms with van der Waals surface area (Å²) < 4.78 is 1.66. The van der Waals surface area contributed by atoms with Gasteiger partial charge in [-0.25, -0.2) is 4.98 Å². The summed E-state index contributed by atoms with van der Waals surface area (Å²) in [6.07, 6.45) is 0.803. The van der Waals surface area contributed by atoms with Crippen LogP contribution in [-0.2, 0) is 11.3 Å². The van der Waals surface area contributed by atoms with Crippen LogP contribution < -0.4 is 10.9 Å². The van der Waals surface area contributed by atoms with E-state index in [-0.39, 0.29) is 17.2 Å². The van der Waals surface area contributed by atoms with Crippen LogP contribution in [-0.4, -0.2) is 46.8 Å². The molecule has 0 atom stereocenters. The van der Waals surface area contributed by atoms with Gasteiger partial charge in [-0.2, -0.15) is 5.26 Å². The van der Waals surface area contributed by atoms with E-state index in [0.29, 0.717) is 33.9 Å². The predicted molar refractivity (Wildman–Crippen MR) is 120 cm³/mol. The number of hydrogen-bond acceptors (Lipinski definition) is 6. The van der Waals surface area contributed by atoms with Gasteiger partial charge < -0.3 is 10.2 Å². The Balaban J connectivity index is 1.76. The second-order valence-electron chi connectivity index (χ2n) is 7.05. The monoisotopic (exact) mass is 421 g/mol. The van der Waals surface area contributed by atoms with Gasteiger partial charge in [0.1, 0.15) is 0 Å². The maximum atomic E-state index is 13.0. The molecule has 0 saturated carbocycles. The third kappa shape index (κ3) is 5.47. The lowest BCUT2D eigenvalue weighted by Gasteiger charge is -2.15. The van der Waals surface area contributed by atoms with E-state index in [9.17, 15) is 9.59 Å². The molecule has 30 heavy (non-hydrogen) atoms. The number of nitrogens with one attached hydrogen (secondary N) is 1. The van der Waals surface area contributed by atoms with Gasteiger partial charge in [0.15, 0.2) is 5.16 Å². The predicted octanol–water partition coefficient (Wildman–Crippen LogP) is 2.95. The first-order valence-electron chi connectivity index (χ1n) is 9.55. The molecule has 8 heteroatoms. The lowest BCUT2D eigenvalue weighted by atomic mass is 10.2. The van der Waals surface area contributed by atoms with Crippen LogP contribution in [0.2, 0.25) is 0 Å². The first-order valence-corrected chi connectivity index (χ1v) is 10.5. The fraction of sp³-hybridized carbons (Fsp3) is 0.273.